The van der Waals surface area contributed by atoms with Gasteiger partial charge in [0.2, 0.25) is 0 Å². The van der Waals surface area contributed by atoms with Crippen molar-refractivity contribution >= 4 is 25.2 Å². The smallest absolute Gasteiger partial charge is 0.188 e. The summed E-state index contributed by atoms with van der Waals surface area (Å²) in [6, 6.07) is 1.16. The van der Waals surface area contributed by atoms with Gasteiger partial charge in [-0.2, -0.15) is 0 Å². The Kier molecular flexibility index (Phi) is 7.59. The van der Waals surface area contributed by atoms with Crippen LogP contribution in [-0.4, -0.2) is 25.8 Å². The zero-order chi connectivity index (χ0) is 11.0. The largest absolute Gasteiger partial charge is 0.418 e. The normalized spacial score (nSPS) is 11.7. The molecule has 0 atom stereocenters. The monoisotopic (exact) mass is 234 g/mol. The minimum atomic E-state index is -1.41. The highest BCUT2D eigenvalue weighted by Crippen LogP contribution is 2.16. The molecule has 0 bridgehead atoms. The third kappa shape index (κ3) is 7.59. The second-order valence-electron chi connectivity index (χ2n) is 3.87. The van der Waals surface area contributed by atoms with Crippen LogP contribution in [0.4, 0.5) is 0 Å². The maximum Gasteiger partial charge on any atom is 0.188 e. The molecule has 0 heterocycles. The van der Waals surface area contributed by atoms with E-state index >= 15 is 0 Å². The summed E-state index contributed by atoms with van der Waals surface area (Å²) < 4.78 is 5.71. The molecule has 0 aromatic rings. The second-order valence-corrected chi connectivity index (χ2v) is 9.33. The summed E-state index contributed by atoms with van der Waals surface area (Å²) in [7, 11) is -1.41. The molecule has 0 rings (SSSR count). The first-order valence-electron chi connectivity index (χ1n) is 5.31. The van der Waals surface area contributed by atoms with Crippen molar-refractivity contribution in [2.24, 2.45) is 0 Å². The molecule has 0 aromatic heterocycles. The Morgan fingerprint density at radius 3 is 2.50 bits per heavy atom. The summed E-state index contributed by atoms with van der Waals surface area (Å²) in [6.45, 7) is 9.25. The predicted molar refractivity (Wildman–Crippen MR) is 66.3 cm³/mol. The molecule has 0 unspecified atom stereocenters. The first-order chi connectivity index (χ1) is 6.52. The molecule has 0 radical (unpaired) electrons. The Balaban J connectivity index is 3.48. The summed E-state index contributed by atoms with van der Waals surface area (Å²) in [5, 5.41) is 0.306. The minimum Gasteiger partial charge on any atom is -0.418 e. The lowest BCUT2D eigenvalue weighted by Crippen LogP contribution is -2.30. The van der Waals surface area contributed by atoms with Gasteiger partial charge in [0.15, 0.2) is 13.4 Å². The van der Waals surface area contributed by atoms with Gasteiger partial charge in [0.1, 0.15) is 0 Å². The lowest BCUT2D eigenvalue weighted by Gasteiger charge is -2.21. The second kappa shape index (κ2) is 7.48. The van der Waals surface area contributed by atoms with Gasteiger partial charge in [-0.15, -0.1) is 0 Å². The summed E-state index contributed by atoms with van der Waals surface area (Å²) in [5.74, 6) is 0.955. The van der Waals surface area contributed by atoms with Gasteiger partial charge in [-0.3, -0.25) is 4.79 Å². The molecule has 2 nitrogen and oxygen atoms in total. The van der Waals surface area contributed by atoms with Crippen molar-refractivity contribution in [3.63, 3.8) is 0 Å². The molecule has 0 spiro atoms. The fraction of sp³-hybridized carbons (Fsp3) is 0.900. The summed E-state index contributed by atoms with van der Waals surface area (Å²) in [4.78, 5) is 11.0. The molecule has 0 saturated heterocycles. The molecule has 0 amide bonds. The number of hydrogen-bond donors (Lipinski definition) is 0. The van der Waals surface area contributed by atoms with E-state index < -0.39 is 8.32 Å². The van der Waals surface area contributed by atoms with Crippen LogP contribution in [-0.2, 0) is 9.22 Å². The highest BCUT2D eigenvalue weighted by Gasteiger charge is 2.20. The molecular formula is C10H22O2SSi. The van der Waals surface area contributed by atoms with Gasteiger partial charge in [-0.25, -0.2) is 0 Å². The Labute approximate surface area is 92.9 Å². The Hall–Kier alpha value is 0.197. The Bertz CT molecular complexity index is 172. The van der Waals surface area contributed by atoms with Crippen LogP contribution < -0.4 is 0 Å². The van der Waals surface area contributed by atoms with E-state index in [1.54, 1.807) is 0 Å². The molecule has 14 heavy (non-hydrogen) atoms. The fourth-order valence-electron chi connectivity index (χ4n) is 1.25. The van der Waals surface area contributed by atoms with Crippen LogP contribution in [0.3, 0.4) is 0 Å². The van der Waals surface area contributed by atoms with Crippen LogP contribution in [0.15, 0.2) is 0 Å². The number of carbonyl (C=O) groups excluding carboxylic acids is 1. The topological polar surface area (TPSA) is 26.3 Å². The van der Waals surface area contributed by atoms with Crippen molar-refractivity contribution in [3.05, 3.63) is 0 Å². The lowest BCUT2D eigenvalue weighted by molar-refractivity contribution is -0.110. The fourth-order valence-corrected chi connectivity index (χ4v) is 4.18. The number of carbonyl (C=O) groups is 1. The van der Waals surface area contributed by atoms with Gasteiger partial charge in [0.05, 0.1) is 0 Å². The van der Waals surface area contributed by atoms with E-state index in [0.29, 0.717) is 11.5 Å². The minimum absolute atomic E-state index is 0.306. The number of hydrogen-bond acceptors (Lipinski definition) is 3. The standard InChI is InChI=1S/C10H22O2SSi/c1-5-10(11)13-8-7-9-14(3,4)12-6-2/h5-9H2,1-4H3. The SMILES string of the molecule is CCO[Si](C)(C)CCCSC(=O)CC. The van der Waals surface area contributed by atoms with E-state index in [2.05, 4.69) is 13.1 Å². The van der Waals surface area contributed by atoms with E-state index in [-0.39, 0.29) is 0 Å². The highest BCUT2D eigenvalue weighted by atomic mass is 32.2. The van der Waals surface area contributed by atoms with E-state index in [4.69, 9.17) is 4.43 Å². The Morgan fingerprint density at radius 1 is 1.36 bits per heavy atom. The lowest BCUT2D eigenvalue weighted by atomic mass is 10.6. The van der Waals surface area contributed by atoms with Crippen LogP contribution in [0, 0.1) is 0 Å². The van der Waals surface area contributed by atoms with Crippen molar-refractivity contribution in [2.45, 2.75) is 45.8 Å². The van der Waals surface area contributed by atoms with E-state index in [0.717, 1.165) is 24.8 Å². The van der Waals surface area contributed by atoms with Crippen molar-refractivity contribution in [3.8, 4) is 0 Å². The Morgan fingerprint density at radius 2 is 2.00 bits per heavy atom. The third-order valence-corrected chi connectivity index (χ3v) is 5.74. The van der Waals surface area contributed by atoms with Crippen LogP contribution in [0.25, 0.3) is 0 Å². The average molecular weight is 234 g/mol. The number of thioether (sulfide) groups is 1. The molecular weight excluding hydrogens is 212 g/mol. The molecule has 0 aromatic carbocycles. The van der Waals surface area contributed by atoms with Crippen molar-refractivity contribution < 1.29 is 9.22 Å². The van der Waals surface area contributed by atoms with E-state index in [1.807, 2.05) is 13.8 Å². The maximum atomic E-state index is 11.0. The van der Waals surface area contributed by atoms with Crippen LogP contribution >= 0.6 is 11.8 Å². The first kappa shape index (κ1) is 14.2. The van der Waals surface area contributed by atoms with Gasteiger partial charge in [-0.05, 0) is 32.5 Å². The van der Waals surface area contributed by atoms with Crippen molar-refractivity contribution in [1.82, 2.24) is 0 Å². The molecule has 84 valence electrons. The summed E-state index contributed by atoms with van der Waals surface area (Å²) in [5.41, 5.74) is 0. The summed E-state index contributed by atoms with van der Waals surface area (Å²) >= 11 is 1.46. The molecule has 0 aliphatic heterocycles. The highest BCUT2D eigenvalue weighted by molar-refractivity contribution is 8.13. The molecule has 0 saturated carbocycles. The molecule has 0 fully saturated rings. The zero-order valence-electron chi connectivity index (χ0n) is 9.76. The predicted octanol–water partition coefficient (Wildman–Crippen LogP) is 3.29. The first-order valence-corrected chi connectivity index (χ1v) is 9.41. The van der Waals surface area contributed by atoms with Crippen molar-refractivity contribution in [1.29, 1.82) is 0 Å². The van der Waals surface area contributed by atoms with Crippen LogP contribution in [0.1, 0.15) is 26.7 Å². The summed E-state index contributed by atoms with van der Waals surface area (Å²) in [6.07, 6.45) is 1.76. The van der Waals surface area contributed by atoms with Gasteiger partial charge in [-0.1, -0.05) is 18.7 Å². The van der Waals surface area contributed by atoms with Gasteiger partial charge < -0.3 is 4.43 Å². The van der Waals surface area contributed by atoms with Gasteiger partial charge in [0.25, 0.3) is 0 Å². The van der Waals surface area contributed by atoms with Crippen molar-refractivity contribution in [2.75, 3.05) is 12.4 Å². The van der Waals surface area contributed by atoms with Crippen LogP contribution in [0.2, 0.25) is 19.1 Å². The molecule has 4 heteroatoms. The van der Waals surface area contributed by atoms with E-state index in [1.165, 1.54) is 11.8 Å². The maximum absolute atomic E-state index is 11.0. The van der Waals surface area contributed by atoms with Gasteiger partial charge >= 0.3 is 0 Å². The van der Waals surface area contributed by atoms with Gasteiger partial charge in [0, 0.05) is 18.8 Å². The number of rotatable bonds is 7. The van der Waals surface area contributed by atoms with E-state index in [9.17, 15) is 4.79 Å². The molecule has 0 aliphatic carbocycles. The quantitative estimate of drug-likeness (QED) is 0.499. The molecule has 0 aliphatic rings. The van der Waals surface area contributed by atoms with Crippen LogP contribution in [0.5, 0.6) is 0 Å². The average Bonchev–Trinajstić information content (AvgIpc) is 2.12. The third-order valence-electron chi connectivity index (χ3n) is 2.01. The zero-order valence-corrected chi connectivity index (χ0v) is 11.6. The molecule has 0 N–H and O–H groups in total.